The second-order valence-electron chi connectivity index (χ2n) is 3.93. The van der Waals surface area contributed by atoms with E-state index in [9.17, 15) is 19.8 Å². The fourth-order valence-corrected chi connectivity index (χ4v) is 2.37. The number of phenolic OH excluding ortho intramolecular Hbond substituents is 2. The minimum atomic E-state index is -1.20. The number of amides is 1. The average Bonchev–Trinajstić information content (AvgIpc) is 2.73. The number of carbonyl (C=O) groups is 2. The number of carboxylic acid groups (broad SMARTS) is 1. The molecule has 0 fully saturated rings. The Morgan fingerprint density at radius 3 is 2.65 bits per heavy atom. The Hall–Kier alpha value is -2.61. The van der Waals surface area contributed by atoms with E-state index in [1.807, 2.05) is 0 Å². The molecule has 1 aromatic carbocycles. The molecule has 0 saturated heterocycles. The van der Waals surface area contributed by atoms with Crippen molar-refractivity contribution in [1.29, 1.82) is 0 Å². The van der Waals surface area contributed by atoms with E-state index in [0.29, 0.717) is 0 Å². The fraction of sp³-hybridized carbons (Fsp3) is 0.0833. The largest absolute Gasteiger partial charge is 0.508 e. The Morgan fingerprint density at radius 1 is 1.30 bits per heavy atom. The summed E-state index contributed by atoms with van der Waals surface area (Å²) in [5, 5.41) is 30.3. The number of benzene rings is 1. The van der Waals surface area contributed by atoms with Crippen molar-refractivity contribution in [2.75, 3.05) is 5.32 Å². The minimum Gasteiger partial charge on any atom is -0.508 e. The average molecular weight is 294 g/mol. The number of carbonyl (C=O) groups excluding carboxylic acids is 1. The van der Waals surface area contributed by atoms with Crippen LogP contribution in [0.25, 0.3) is 0 Å². The molecule has 104 valence electrons. The molecule has 0 aliphatic heterocycles. The first kappa shape index (κ1) is 13.8. The number of hydrogen-bond donors (Lipinski definition) is 4. The van der Waals surface area contributed by atoms with E-state index in [4.69, 9.17) is 5.11 Å². The second-order valence-corrected chi connectivity index (χ2v) is 4.71. The molecule has 1 amide bonds. The number of aryl methyl sites for hydroxylation is 1. The van der Waals surface area contributed by atoms with Crippen LogP contribution in [0.15, 0.2) is 18.2 Å². The van der Waals surface area contributed by atoms with Gasteiger partial charge < -0.3 is 20.6 Å². The minimum absolute atomic E-state index is 0.0720. The first-order valence-electron chi connectivity index (χ1n) is 5.43. The highest BCUT2D eigenvalue weighted by atomic mass is 32.1. The Balaban J connectivity index is 2.33. The van der Waals surface area contributed by atoms with Gasteiger partial charge in [-0.15, -0.1) is 0 Å². The number of nitrogens with one attached hydrogen (secondary N) is 1. The molecule has 8 heteroatoms. The molecule has 0 saturated carbocycles. The summed E-state index contributed by atoms with van der Waals surface area (Å²) >= 11 is 0.831. The molecular weight excluding hydrogens is 284 g/mol. The van der Waals surface area contributed by atoms with Crippen LogP contribution in [-0.4, -0.2) is 31.6 Å². The molecule has 2 rings (SSSR count). The lowest BCUT2D eigenvalue weighted by atomic mass is 10.1. The third kappa shape index (κ3) is 2.54. The van der Waals surface area contributed by atoms with Crippen LogP contribution in [-0.2, 0) is 0 Å². The topological polar surface area (TPSA) is 120 Å². The maximum atomic E-state index is 12.0. The Bertz CT molecular complexity index is 695. The zero-order chi connectivity index (χ0) is 14.9. The second kappa shape index (κ2) is 5.17. The lowest BCUT2D eigenvalue weighted by molar-refractivity contribution is 0.0697. The van der Waals surface area contributed by atoms with Gasteiger partial charge in [0.25, 0.3) is 5.91 Å². The number of aromatic hydroxyl groups is 2. The molecule has 7 nitrogen and oxygen atoms in total. The molecule has 0 aliphatic rings. The van der Waals surface area contributed by atoms with Gasteiger partial charge in [0, 0.05) is 0 Å². The number of hydrogen-bond acceptors (Lipinski definition) is 6. The normalized spacial score (nSPS) is 10.2. The highest BCUT2D eigenvalue weighted by molar-refractivity contribution is 7.11. The summed E-state index contributed by atoms with van der Waals surface area (Å²) in [4.78, 5) is 23.0. The third-order valence-corrected chi connectivity index (χ3v) is 3.38. The van der Waals surface area contributed by atoms with Crippen LogP contribution in [0.3, 0.4) is 0 Å². The van der Waals surface area contributed by atoms with Crippen LogP contribution in [0.1, 0.15) is 26.4 Å². The van der Waals surface area contributed by atoms with E-state index >= 15 is 0 Å². The van der Waals surface area contributed by atoms with Gasteiger partial charge in [-0.05, 0) is 36.7 Å². The van der Waals surface area contributed by atoms with Crippen LogP contribution in [0.4, 0.5) is 5.00 Å². The molecule has 20 heavy (non-hydrogen) atoms. The van der Waals surface area contributed by atoms with E-state index in [0.717, 1.165) is 17.6 Å². The van der Waals surface area contributed by atoms with E-state index in [1.54, 1.807) is 0 Å². The number of aromatic nitrogens is 1. The number of phenols is 2. The number of aromatic carboxylic acids is 1. The molecule has 1 heterocycles. The smallest absolute Gasteiger partial charge is 0.340 e. The maximum absolute atomic E-state index is 12.0. The summed E-state index contributed by atoms with van der Waals surface area (Å²) in [6, 6.07) is 3.48. The van der Waals surface area contributed by atoms with Crippen LogP contribution >= 0.6 is 11.5 Å². The van der Waals surface area contributed by atoms with Crippen molar-refractivity contribution < 1.29 is 24.9 Å². The summed E-state index contributed by atoms with van der Waals surface area (Å²) in [6.45, 7) is 1.52. The molecule has 2 aromatic rings. The van der Waals surface area contributed by atoms with Crippen LogP contribution in [0.5, 0.6) is 11.5 Å². The van der Waals surface area contributed by atoms with E-state index in [1.165, 1.54) is 19.1 Å². The molecule has 0 bridgehead atoms. The van der Waals surface area contributed by atoms with Gasteiger partial charge in [0.1, 0.15) is 22.1 Å². The number of anilines is 1. The van der Waals surface area contributed by atoms with Gasteiger partial charge in [0.15, 0.2) is 0 Å². The quantitative estimate of drug-likeness (QED) is 0.641. The monoisotopic (exact) mass is 294 g/mol. The molecular formula is C12H10N2O5S. The summed E-state index contributed by atoms with van der Waals surface area (Å²) in [6.07, 6.45) is 0. The molecule has 1 aromatic heterocycles. The predicted octanol–water partition coefficient (Wildman–Crippen LogP) is 1.81. The van der Waals surface area contributed by atoms with Crippen LogP contribution in [0, 0.1) is 6.92 Å². The van der Waals surface area contributed by atoms with Gasteiger partial charge in [-0.3, -0.25) is 4.79 Å². The third-order valence-electron chi connectivity index (χ3n) is 2.53. The molecule has 0 aliphatic carbocycles. The first-order chi connectivity index (χ1) is 9.40. The zero-order valence-electron chi connectivity index (χ0n) is 10.2. The molecule has 0 radical (unpaired) electrons. The van der Waals surface area contributed by atoms with E-state index in [-0.39, 0.29) is 33.3 Å². The van der Waals surface area contributed by atoms with Crippen LogP contribution in [0.2, 0.25) is 0 Å². The standard InChI is InChI=1S/C12H10N2O5S/c1-5-9(12(18)19)11(20-14-5)13-10(17)7-4-6(15)2-3-8(7)16/h2-4,15-16H,1H3,(H,13,17)(H,18,19). The van der Waals surface area contributed by atoms with Gasteiger partial charge in [0.2, 0.25) is 0 Å². The lowest BCUT2D eigenvalue weighted by Crippen LogP contribution is -2.13. The lowest BCUT2D eigenvalue weighted by Gasteiger charge is -2.06. The van der Waals surface area contributed by atoms with Crippen molar-refractivity contribution >= 4 is 28.4 Å². The van der Waals surface area contributed by atoms with Crippen molar-refractivity contribution in [3.63, 3.8) is 0 Å². The molecule has 0 atom stereocenters. The van der Waals surface area contributed by atoms with Crippen LogP contribution < -0.4 is 5.32 Å². The highest BCUT2D eigenvalue weighted by Gasteiger charge is 2.21. The van der Waals surface area contributed by atoms with Gasteiger partial charge in [-0.2, -0.15) is 4.37 Å². The van der Waals surface area contributed by atoms with Gasteiger partial charge in [0.05, 0.1) is 11.3 Å². The van der Waals surface area contributed by atoms with Crippen molar-refractivity contribution in [3.05, 3.63) is 35.0 Å². The SMILES string of the molecule is Cc1nsc(NC(=O)c2cc(O)ccc2O)c1C(=O)O. The Morgan fingerprint density at radius 2 is 2.00 bits per heavy atom. The summed E-state index contributed by atoms with van der Waals surface area (Å²) in [7, 11) is 0. The number of rotatable bonds is 3. The van der Waals surface area contributed by atoms with Crippen molar-refractivity contribution in [3.8, 4) is 11.5 Å². The van der Waals surface area contributed by atoms with Crippen molar-refractivity contribution in [2.45, 2.75) is 6.92 Å². The van der Waals surface area contributed by atoms with Gasteiger partial charge >= 0.3 is 5.97 Å². The van der Waals surface area contributed by atoms with E-state index in [2.05, 4.69) is 9.69 Å². The maximum Gasteiger partial charge on any atom is 0.340 e. The molecule has 0 unspecified atom stereocenters. The molecule has 0 spiro atoms. The Labute approximate surface area is 117 Å². The van der Waals surface area contributed by atoms with Crippen molar-refractivity contribution in [1.82, 2.24) is 4.37 Å². The summed E-state index contributed by atoms with van der Waals surface area (Å²) < 4.78 is 3.86. The molecule has 4 N–H and O–H groups in total. The van der Waals surface area contributed by atoms with Crippen molar-refractivity contribution in [2.24, 2.45) is 0 Å². The van der Waals surface area contributed by atoms with Gasteiger partial charge in [-0.25, -0.2) is 4.79 Å². The Kier molecular flexibility index (Phi) is 3.57. The fourth-order valence-electron chi connectivity index (χ4n) is 1.58. The number of nitrogens with zero attached hydrogens (tertiary/aromatic N) is 1. The highest BCUT2D eigenvalue weighted by Crippen LogP contribution is 2.27. The van der Waals surface area contributed by atoms with Gasteiger partial charge in [-0.1, -0.05) is 0 Å². The van der Waals surface area contributed by atoms with E-state index < -0.39 is 11.9 Å². The first-order valence-corrected chi connectivity index (χ1v) is 6.20. The summed E-state index contributed by atoms with van der Waals surface area (Å²) in [5.74, 6) is -2.44. The number of carboxylic acids is 1. The predicted molar refractivity (Wildman–Crippen MR) is 71.5 cm³/mol. The summed E-state index contributed by atoms with van der Waals surface area (Å²) in [5.41, 5.74) is 0.0355. The zero-order valence-corrected chi connectivity index (χ0v) is 11.1.